The predicted octanol–water partition coefficient (Wildman–Crippen LogP) is 4.29. The second-order valence-corrected chi connectivity index (χ2v) is 7.93. The number of aromatic nitrogens is 4. The summed E-state index contributed by atoms with van der Waals surface area (Å²) in [5.74, 6) is 0.893. The van der Waals surface area contributed by atoms with Crippen LogP contribution in [-0.4, -0.2) is 32.9 Å². The molecule has 3 aromatic heterocycles. The lowest BCUT2D eigenvalue weighted by molar-refractivity contribution is -0.119. The van der Waals surface area contributed by atoms with Gasteiger partial charge in [0.15, 0.2) is 0 Å². The van der Waals surface area contributed by atoms with Crippen molar-refractivity contribution < 1.29 is 4.79 Å². The van der Waals surface area contributed by atoms with Crippen LogP contribution in [0.2, 0.25) is 0 Å². The van der Waals surface area contributed by atoms with E-state index >= 15 is 0 Å². The van der Waals surface area contributed by atoms with Crippen LogP contribution in [0, 0.1) is 0 Å². The van der Waals surface area contributed by atoms with Crippen LogP contribution >= 0.6 is 11.3 Å². The molecule has 0 radical (unpaired) electrons. The summed E-state index contributed by atoms with van der Waals surface area (Å²) in [6, 6.07) is 10.1. The number of H-pyrrole nitrogens is 1. The van der Waals surface area contributed by atoms with Gasteiger partial charge in [0.05, 0.1) is 11.6 Å². The summed E-state index contributed by atoms with van der Waals surface area (Å²) in [5.41, 5.74) is 5.07. The first-order valence-electron chi connectivity index (χ1n) is 9.47. The van der Waals surface area contributed by atoms with Crippen LogP contribution in [0.1, 0.15) is 23.7 Å². The van der Waals surface area contributed by atoms with Crippen molar-refractivity contribution in [2.45, 2.75) is 18.8 Å². The Kier molecular flexibility index (Phi) is 4.44. The Labute approximate surface area is 172 Å². The molecule has 7 heteroatoms. The number of hydrogen-bond acceptors (Lipinski definition) is 5. The highest BCUT2D eigenvalue weighted by atomic mass is 32.1. The number of carbonyl (C=O) groups excluding carboxylic acids is 1. The summed E-state index contributed by atoms with van der Waals surface area (Å²) < 4.78 is 0. The van der Waals surface area contributed by atoms with E-state index in [4.69, 9.17) is 4.98 Å². The number of imidazole rings is 1. The monoisotopic (exact) mass is 401 g/mol. The number of anilines is 1. The molecule has 1 aromatic carbocycles. The number of aromatic amines is 1. The van der Waals surface area contributed by atoms with Gasteiger partial charge in [-0.05, 0) is 36.2 Å². The third kappa shape index (κ3) is 3.23. The van der Waals surface area contributed by atoms with Crippen molar-refractivity contribution in [2.75, 3.05) is 11.9 Å². The molecule has 4 aromatic rings. The lowest BCUT2D eigenvalue weighted by atomic mass is 9.93. The number of likely N-dealkylation sites (N-methyl/N-ethyl adjacent to an activating group) is 1. The van der Waals surface area contributed by atoms with Crippen LogP contribution in [0.15, 0.2) is 60.5 Å². The number of nitrogens with one attached hydrogen (secondary N) is 1. The molecule has 0 fully saturated rings. The molecule has 6 nitrogen and oxygen atoms in total. The Balaban J connectivity index is 1.45. The van der Waals surface area contributed by atoms with E-state index in [1.165, 1.54) is 0 Å². The molecule has 4 heterocycles. The predicted molar refractivity (Wildman–Crippen MR) is 114 cm³/mol. The lowest BCUT2D eigenvalue weighted by Gasteiger charge is -2.10. The van der Waals surface area contributed by atoms with Crippen LogP contribution in [0.3, 0.4) is 0 Å². The van der Waals surface area contributed by atoms with Crippen molar-refractivity contribution in [1.82, 2.24) is 19.9 Å². The van der Waals surface area contributed by atoms with Gasteiger partial charge >= 0.3 is 0 Å². The summed E-state index contributed by atoms with van der Waals surface area (Å²) in [7, 11) is 1.85. The molecule has 5 rings (SSSR count). The minimum atomic E-state index is -0.154. The average molecular weight is 401 g/mol. The molecule has 1 aliphatic rings. The third-order valence-electron chi connectivity index (χ3n) is 5.34. The molecule has 1 atom stereocenters. The van der Waals surface area contributed by atoms with Gasteiger partial charge in [-0.1, -0.05) is 6.07 Å². The van der Waals surface area contributed by atoms with Crippen LogP contribution in [0.5, 0.6) is 0 Å². The fourth-order valence-electron chi connectivity index (χ4n) is 3.81. The molecule has 1 aliphatic heterocycles. The van der Waals surface area contributed by atoms with Crippen molar-refractivity contribution in [1.29, 1.82) is 0 Å². The van der Waals surface area contributed by atoms with Gasteiger partial charge in [0, 0.05) is 60.5 Å². The fraction of sp³-hybridized carbons (Fsp3) is 0.182. The SMILES string of the molecule is CN1C(=O)C(CCc2ncc[nH]2)c2cc(-c3csc(-c4ccncc4)n3)ccc21. The van der Waals surface area contributed by atoms with E-state index in [0.29, 0.717) is 0 Å². The van der Waals surface area contributed by atoms with E-state index in [1.54, 1.807) is 34.8 Å². The van der Waals surface area contributed by atoms with Crippen LogP contribution in [0.25, 0.3) is 21.8 Å². The molecule has 0 saturated carbocycles. The van der Waals surface area contributed by atoms with Crippen molar-refractivity contribution in [3.63, 3.8) is 0 Å². The molecule has 1 amide bonds. The Morgan fingerprint density at radius 1 is 1.14 bits per heavy atom. The highest BCUT2D eigenvalue weighted by Gasteiger charge is 2.35. The van der Waals surface area contributed by atoms with Crippen molar-refractivity contribution in [3.8, 4) is 21.8 Å². The molecule has 144 valence electrons. The van der Waals surface area contributed by atoms with E-state index in [9.17, 15) is 4.79 Å². The summed E-state index contributed by atoms with van der Waals surface area (Å²) in [6.07, 6.45) is 8.57. The molecule has 1 N–H and O–H groups in total. The number of amides is 1. The number of nitrogens with zero attached hydrogens (tertiary/aromatic N) is 4. The van der Waals surface area contributed by atoms with Gasteiger partial charge in [0.1, 0.15) is 10.8 Å². The van der Waals surface area contributed by atoms with Crippen molar-refractivity contribution in [2.24, 2.45) is 0 Å². The Morgan fingerprint density at radius 3 is 2.79 bits per heavy atom. The van der Waals surface area contributed by atoms with E-state index in [1.807, 2.05) is 37.5 Å². The molecule has 0 spiro atoms. The Morgan fingerprint density at radius 2 is 2.00 bits per heavy atom. The number of thiazole rings is 1. The number of hydrogen-bond donors (Lipinski definition) is 1. The number of benzene rings is 1. The summed E-state index contributed by atoms with van der Waals surface area (Å²) in [4.78, 5) is 30.9. The minimum Gasteiger partial charge on any atom is -0.349 e. The zero-order valence-corrected chi connectivity index (χ0v) is 16.7. The number of rotatable bonds is 5. The zero-order valence-electron chi connectivity index (χ0n) is 15.9. The van der Waals surface area contributed by atoms with Crippen LogP contribution in [0.4, 0.5) is 5.69 Å². The molecular weight excluding hydrogens is 382 g/mol. The fourth-order valence-corrected chi connectivity index (χ4v) is 4.65. The van der Waals surface area contributed by atoms with Gasteiger partial charge in [-0.15, -0.1) is 11.3 Å². The topological polar surface area (TPSA) is 74.8 Å². The van der Waals surface area contributed by atoms with Crippen molar-refractivity contribution >= 4 is 22.9 Å². The maximum Gasteiger partial charge on any atom is 0.234 e. The smallest absolute Gasteiger partial charge is 0.234 e. The summed E-state index contributed by atoms with van der Waals surface area (Å²) >= 11 is 1.61. The minimum absolute atomic E-state index is 0.138. The third-order valence-corrected chi connectivity index (χ3v) is 6.24. The van der Waals surface area contributed by atoms with Gasteiger partial charge in [-0.3, -0.25) is 9.78 Å². The molecule has 0 bridgehead atoms. The second-order valence-electron chi connectivity index (χ2n) is 7.07. The maximum atomic E-state index is 12.8. The Bertz CT molecular complexity index is 1150. The van der Waals surface area contributed by atoms with E-state index in [2.05, 4.69) is 26.4 Å². The average Bonchev–Trinajstić information content (AvgIpc) is 3.49. The van der Waals surface area contributed by atoms with Gasteiger partial charge in [0.25, 0.3) is 0 Å². The maximum absolute atomic E-state index is 12.8. The highest BCUT2D eigenvalue weighted by Crippen LogP contribution is 2.41. The van der Waals surface area contributed by atoms with Gasteiger partial charge in [-0.25, -0.2) is 9.97 Å². The van der Waals surface area contributed by atoms with Gasteiger partial charge in [0.2, 0.25) is 5.91 Å². The largest absolute Gasteiger partial charge is 0.349 e. The van der Waals surface area contributed by atoms with E-state index < -0.39 is 0 Å². The summed E-state index contributed by atoms with van der Waals surface area (Å²) in [5, 5.41) is 3.03. The van der Waals surface area contributed by atoms with E-state index in [-0.39, 0.29) is 11.8 Å². The molecule has 1 unspecified atom stereocenters. The first kappa shape index (κ1) is 17.8. The quantitative estimate of drug-likeness (QED) is 0.541. The molecular formula is C22H19N5OS. The number of pyridine rings is 1. The highest BCUT2D eigenvalue weighted by molar-refractivity contribution is 7.13. The zero-order chi connectivity index (χ0) is 19.8. The van der Waals surface area contributed by atoms with E-state index in [0.717, 1.165) is 51.7 Å². The lowest BCUT2D eigenvalue weighted by Crippen LogP contribution is -2.24. The van der Waals surface area contributed by atoms with Gasteiger partial charge in [-0.2, -0.15) is 0 Å². The Hall–Kier alpha value is -3.32. The van der Waals surface area contributed by atoms with Crippen LogP contribution in [-0.2, 0) is 11.2 Å². The normalized spacial score (nSPS) is 15.7. The number of fused-ring (bicyclic) bond motifs is 1. The number of aryl methyl sites for hydroxylation is 1. The second kappa shape index (κ2) is 7.25. The molecule has 29 heavy (non-hydrogen) atoms. The summed E-state index contributed by atoms with van der Waals surface area (Å²) in [6.45, 7) is 0. The molecule has 0 saturated heterocycles. The molecule has 0 aliphatic carbocycles. The van der Waals surface area contributed by atoms with Crippen molar-refractivity contribution in [3.05, 3.63) is 71.9 Å². The first-order valence-corrected chi connectivity index (χ1v) is 10.3. The standard InChI is InChI=1S/C22H19N5OS/c1-27-19-4-2-15(18-13-29-21(26-18)14-6-8-23-9-7-14)12-17(19)16(22(27)28)3-5-20-24-10-11-25-20/h2,4,6-13,16H,3,5H2,1H3,(H,24,25). The first-order chi connectivity index (χ1) is 14.2. The van der Waals surface area contributed by atoms with Crippen LogP contribution < -0.4 is 4.90 Å². The number of carbonyl (C=O) groups is 1. The van der Waals surface area contributed by atoms with Gasteiger partial charge < -0.3 is 9.88 Å².